The van der Waals surface area contributed by atoms with Crippen LogP contribution >= 0.6 is 0 Å². The maximum Gasteiger partial charge on any atom is 0.138 e. The van der Waals surface area contributed by atoms with E-state index < -0.39 is 0 Å². The van der Waals surface area contributed by atoms with Crippen molar-refractivity contribution >= 4 is 5.78 Å². The van der Waals surface area contributed by atoms with Gasteiger partial charge >= 0.3 is 0 Å². The minimum atomic E-state index is -0.120. The minimum Gasteiger partial charge on any atom is -0.299 e. The van der Waals surface area contributed by atoms with Crippen LogP contribution in [0.5, 0.6) is 0 Å². The molecule has 5 aliphatic carbocycles. The maximum atomic E-state index is 12.9. The molecule has 8 atom stereocenters. The lowest BCUT2D eigenvalue weighted by atomic mass is 9.31. The predicted molar refractivity (Wildman–Crippen MR) is 130 cm³/mol. The van der Waals surface area contributed by atoms with Crippen LogP contribution in [0.2, 0.25) is 0 Å². The topological polar surface area (TPSA) is 17.1 Å². The third-order valence-electron chi connectivity index (χ3n) is 13.4. The second-order valence-electron chi connectivity index (χ2n) is 15.4. The summed E-state index contributed by atoms with van der Waals surface area (Å²) in [7, 11) is 0. The molecule has 31 heavy (non-hydrogen) atoms. The van der Waals surface area contributed by atoms with Crippen LogP contribution in [0.1, 0.15) is 126 Å². The molecule has 176 valence electrons. The molecule has 0 aromatic heterocycles. The Bertz CT molecular complexity index is 777. The highest BCUT2D eigenvalue weighted by molar-refractivity contribution is 5.85. The summed E-state index contributed by atoms with van der Waals surface area (Å²) in [4.78, 5) is 12.9. The van der Waals surface area contributed by atoms with Crippen molar-refractivity contribution in [3.05, 3.63) is 0 Å². The van der Waals surface area contributed by atoms with Crippen molar-refractivity contribution in [3.8, 4) is 0 Å². The normalized spacial score (nSPS) is 55.4. The van der Waals surface area contributed by atoms with Gasteiger partial charge in [-0.3, -0.25) is 4.79 Å². The van der Waals surface area contributed by atoms with Crippen molar-refractivity contribution < 1.29 is 4.79 Å². The Hall–Kier alpha value is -0.330. The monoisotopic (exact) mass is 426 g/mol. The fraction of sp³-hybridized carbons (Fsp3) is 0.967. The lowest BCUT2D eigenvalue weighted by molar-refractivity contribution is -0.240. The molecule has 0 bridgehead atoms. The van der Waals surface area contributed by atoms with Crippen LogP contribution in [0.15, 0.2) is 0 Å². The molecular formula is C30H50O. The third kappa shape index (κ3) is 2.76. The fourth-order valence-electron chi connectivity index (χ4n) is 11.1. The molecular weight excluding hydrogens is 376 g/mol. The van der Waals surface area contributed by atoms with E-state index in [-0.39, 0.29) is 5.41 Å². The van der Waals surface area contributed by atoms with Gasteiger partial charge in [0.25, 0.3) is 0 Å². The van der Waals surface area contributed by atoms with Gasteiger partial charge in [-0.25, -0.2) is 0 Å². The van der Waals surface area contributed by atoms with Crippen LogP contribution in [0.4, 0.5) is 0 Å². The standard InChI is InChI=1S/C30H50O/c1-25(2)15-16-27(5)17-18-29(7)20(21(27)19-25)9-10-23-28(6)13-12-24(31)26(3,4)22(28)11-14-30(23,29)8/h20-23H,9-19H2,1-8H3/t20-,21-,22-,23+,27-,28+,29-,30-/m1/s1. The van der Waals surface area contributed by atoms with E-state index in [2.05, 4.69) is 55.4 Å². The number of fused-ring (bicyclic) bond motifs is 7. The van der Waals surface area contributed by atoms with Gasteiger partial charge in [0.15, 0.2) is 0 Å². The van der Waals surface area contributed by atoms with Crippen molar-refractivity contribution in [2.45, 2.75) is 126 Å². The number of ketones is 1. The summed E-state index contributed by atoms with van der Waals surface area (Å²) < 4.78 is 0. The van der Waals surface area contributed by atoms with Crippen molar-refractivity contribution in [2.75, 3.05) is 0 Å². The van der Waals surface area contributed by atoms with Gasteiger partial charge in [0.2, 0.25) is 0 Å². The zero-order valence-corrected chi connectivity index (χ0v) is 22.0. The van der Waals surface area contributed by atoms with Gasteiger partial charge in [-0.2, -0.15) is 0 Å². The van der Waals surface area contributed by atoms with Crippen molar-refractivity contribution in [1.29, 1.82) is 0 Å². The fourth-order valence-corrected chi connectivity index (χ4v) is 11.1. The van der Waals surface area contributed by atoms with Crippen molar-refractivity contribution in [3.63, 3.8) is 0 Å². The van der Waals surface area contributed by atoms with Gasteiger partial charge in [0.05, 0.1) is 0 Å². The zero-order valence-electron chi connectivity index (χ0n) is 22.0. The van der Waals surface area contributed by atoms with Crippen LogP contribution in [-0.2, 0) is 4.79 Å². The van der Waals surface area contributed by atoms with Crippen LogP contribution in [-0.4, -0.2) is 5.78 Å². The van der Waals surface area contributed by atoms with Crippen LogP contribution in [0.3, 0.4) is 0 Å². The number of rotatable bonds is 0. The molecule has 5 fully saturated rings. The first-order valence-electron chi connectivity index (χ1n) is 13.7. The van der Waals surface area contributed by atoms with Crippen LogP contribution in [0, 0.1) is 56.2 Å². The smallest absolute Gasteiger partial charge is 0.138 e. The highest BCUT2D eigenvalue weighted by Crippen LogP contribution is 2.76. The molecule has 1 heteroatoms. The summed E-state index contributed by atoms with van der Waals surface area (Å²) in [6.07, 6.45) is 14.7. The second-order valence-corrected chi connectivity index (χ2v) is 15.4. The Balaban J connectivity index is 1.53. The molecule has 1 nitrogen and oxygen atoms in total. The Morgan fingerprint density at radius 2 is 1.32 bits per heavy atom. The lowest BCUT2D eigenvalue weighted by Crippen LogP contribution is -2.66. The van der Waals surface area contributed by atoms with E-state index in [1.807, 2.05) is 0 Å². The average Bonchev–Trinajstić information content (AvgIpc) is 2.67. The first-order chi connectivity index (χ1) is 14.2. The number of carbonyl (C=O) groups excluding carboxylic acids is 1. The van der Waals surface area contributed by atoms with Crippen molar-refractivity contribution in [2.24, 2.45) is 56.2 Å². The molecule has 5 saturated carbocycles. The van der Waals surface area contributed by atoms with Gasteiger partial charge in [-0.1, -0.05) is 55.4 Å². The Morgan fingerprint density at radius 3 is 2.03 bits per heavy atom. The molecule has 0 radical (unpaired) electrons. The molecule has 5 aliphatic rings. The Labute approximate surface area is 192 Å². The Morgan fingerprint density at radius 1 is 0.645 bits per heavy atom. The molecule has 5 rings (SSSR count). The number of hydrogen-bond donors (Lipinski definition) is 0. The van der Waals surface area contributed by atoms with Gasteiger partial charge in [-0.15, -0.1) is 0 Å². The van der Waals surface area contributed by atoms with E-state index in [1.165, 1.54) is 57.8 Å². The molecule has 0 amide bonds. The van der Waals surface area contributed by atoms with E-state index >= 15 is 0 Å². The highest BCUT2D eigenvalue weighted by Gasteiger charge is 2.69. The quantitative estimate of drug-likeness (QED) is 0.379. The number of hydrogen-bond acceptors (Lipinski definition) is 1. The van der Waals surface area contributed by atoms with E-state index in [9.17, 15) is 4.79 Å². The molecule has 0 aromatic rings. The van der Waals surface area contributed by atoms with Gasteiger partial charge < -0.3 is 0 Å². The molecule has 0 aliphatic heterocycles. The zero-order chi connectivity index (χ0) is 22.7. The first-order valence-corrected chi connectivity index (χ1v) is 13.7. The molecule has 0 aromatic carbocycles. The molecule has 0 heterocycles. The van der Waals surface area contributed by atoms with E-state index in [0.717, 1.165) is 30.6 Å². The van der Waals surface area contributed by atoms with Crippen LogP contribution < -0.4 is 0 Å². The molecule has 0 saturated heterocycles. The van der Waals surface area contributed by atoms with Crippen LogP contribution in [0.25, 0.3) is 0 Å². The predicted octanol–water partition coefficient (Wildman–Crippen LogP) is 8.46. The lowest BCUT2D eigenvalue weighted by Gasteiger charge is -2.73. The summed E-state index contributed by atoms with van der Waals surface area (Å²) in [6, 6.07) is 0. The minimum absolute atomic E-state index is 0.120. The largest absolute Gasteiger partial charge is 0.299 e. The molecule has 0 N–H and O–H groups in total. The van der Waals surface area contributed by atoms with Gasteiger partial charge in [0, 0.05) is 11.8 Å². The van der Waals surface area contributed by atoms with E-state index in [0.29, 0.717) is 38.8 Å². The summed E-state index contributed by atoms with van der Waals surface area (Å²) in [5.41, 5.74) is 2.27. The number of Topliss-reactive ketones (excluding diaryl/α,β-unsaturated/α-hetero) is 1. The number of carbonyl (C=O) groups is 1. The summed E-state index contributed by atoms with van der Waals surface area (Å²) in [5, 5.41) is 0. The highest BCUT2D eigenvalue weighted by atomic mass is 16.1. The summed E-state index contributed by atoms with van der Waals surface area (Å²) >= 11 is 0. The van der Waals surface area contributed by atoms with E-state index in [1.54, 1.807) is 0 Å². The Kier molecular flexibility index (Phi) is 4.65. The summed E-state index contributed by atoms with van der Waals surface area (Å²) in [6.45, 7) is 20.4. The van der Waals surface area contributed by atoms with Gasteiger partial charge in [-0.05, 0) is 115 Å². The average molecular weight is 427 g/mol. The second kappa shape index (κ2) is 6.41. The third-order valence-corrected chi connectivity index (χ3v) is 13.4. The summed E-state index contributed by atoms with van der Waals surface area (Å²) in [5.74, 6) is 3.75. The van der Waals surface area contributed by atoms with E-state index in [4.69, 9.17) is 0 Å². The van der Waals surface area contributed by atoms with Gasteiger partial charge in [0.1, 0.15) is 5.78 Å². The SMILES string of the molecule is CC1(C)CC[C@]2(C)CC[C@]3(C)[C@H](CC[C@H]4[C@@]5(C)CCC(=O)C(C)(C)[C@H]5CC[C@]43C)[C@H]2C1. The molecule has 0 unspecified atom stereocenters. The molecule has 0 spiro atoms. The maximum absolute atomic E-state index is 12.9. The van der Waals surface area contributed by atoms with Crippen molar-refractivity contribution in [1.82, 2.24) is 0 Å². The first kappa shape index (κ1) is 22.5.